The molecule has 132 valence electrons. The molecule has 25 heavy (non-hydrogen) atoms. The van der Waals surface area contributed by atoms with Crippen LogP contribution in [0.4, 0.5) is 0 Å². The smallest absolute Gasteiger partial charge is 0.259 e. The Bertz CT molecular complexity index is 737. The Morgan fingerprint density at radius 3 is 2.44 bits per heavy atom. The van der Waals surface area contributed by atoms with Crippen LogP contribution < -0.4 is 5.43 Å². The Morgan fingerprint density at radius 2 is 1.76 bits per heavy atom. The van der Waals surface area contributed by atoms with Gasteiger partial charge in [-0.25, -0.2) is 14.7 Å². The first-order valence-electron chi connectivity index (χ1n) is 8.84. The number of rotatable bonds is 4. The van der Waals surface area contributed by atoms with Crippen molar-refractivity contribution in [2.45, 2.75) is 39.5 Å². The van der Waals surface area contributed by atoms with Crippen molar-refractivity contribution in [3.63, 3.8) is 0 Å². The lowest BCUT2D eigenvalue weighted by molar-refractivity contribution is -0.121. The number of carbonyl (C=O) groups is 1. The monoisotopic (exact) mass is 339 g/mol. The largest absolute Gasteiger partial charge is 0.285 e. The number of amides is 1. The second-order valence-corrected chi connectivity index (χ2v) is 6.62. The molecule has 1 N–H and O–H groups in total. The minimum absolute atomic E-state index is 0.134. The Labute approximate surface area is 148 Å². The molecule has 0 aliphatic carbocycles. The van der Waals surface area contributed by atoms with E-state index in [1.165, 1.54) is 30.0 Å². The van der Waals surface area contributed by atoms with Gasteiger partial charge in [0.2, 0.25) is 0 Å². The van der Waals surface area contributed by atoms with Gasteiger partial charge in [0.15, 0.2) is 5.82 Å². The van der Waals surface area contributed by atoms with Crippen molar-refractivity contribution < 1.29 is 4.79 Å². The van der Waals surface area contributed by atoms with E-state index in [-0.39, 0.29) is 5.91 Å². The number of aromatic nitrogens is 3. The van der Waals surface area contributed by atoms with Crippen LogP contribution in [0.25, 0.3) is 17.6 Å². The van der Waals surface area contributed by atoms with Gasteiger partial charge in [-0.1, -0.05) is 30.0 Å². The fraction of sp³-hybridized carbons (Fsp3) is 0.421. The first kappa shape index (κ1) is 17.4. The van der Waals surface area contributed by atoms with E-state index in [1.807, 2.05) is 5.01 Å². The highest BCUT2D eigenvalue weighted by molar-refractivity contribution is 5.89. The zero-order valence-electron chi connectivity index (χ0n) is 14.9. The third kappa shape index (κ3) is 5.00. The molecular formula is C19H25N5O. The van der Waals surface area contributed by atoms with Crippen LogP contribution in [0, 0.1) is 13.8 Å². The van der Waals surface area contributed by atoms with Crippen molar-refractivity contribution in [1.82, 2.24) is 25.2 Å². The molecule has 6 nitrogen and oxygen atoms in total. The lowest BCUT2D eigenvalue weighted by Crippen LogP contribution is -2.41. The number of aryl methyl sites for hydroxylation is 2. The maximum Gasteiger partial charge on any atom is 0.259 e. The molecule has 6 heteroatoms. The topological polar surface area (TPSA) is 63.1 Å². The number of carbonyl (C=O) groups excluding carboxylic acids is 1. The molecule has 0 unspecified atom stereocenters. The van der Waals surface area contributed by atoms with Crippen molar-refractivity contribution in [2.24, 2.45) is 0 Å². The molecule has 1 aromatic heterocycles. The molecule has 3 rings (SSSR count). The normalized spacial score (nSPS) is 16.1. The molecule has 0 radical (unpaired) electrons. The summed E-state index contributed by atoms with van der Waals surface area (Å²) in [6, 6.07) is 6.23. The third-order valence-corrected chi connectivity index (χ3v) is 4.24. The van der Waals surface area contributed by atoms with E-state index in [2.05, 4.69) is 47.6 Å². The molecule has 1 fully saturated rings. The predicted molar refractivity (Wildman–Crippen MR) is 98.4 cm³/mol. The van der Waals surface area contributed by atoms with Crippen LogP contribution >= 0.6 is 0 Å². The highest BCUT2D eigenvalue weighted by Gasteiger charge is 2.10. The molecule has 0 spiro atoms. The minimum atomic E-state index is -0.134. The van der Waals surface area contributed by atoms with Crippen molar-refractivity contribution in [1.29, 1.82) is 0 Å². The average molecular weight is 339 g/mol. The zero-order valence-corrected chi connectivity index (χ0v) is 14.9. The molecular weight excluding hydrogens is 314 g/mol. The van der Waals surface area contributed by atoms with E-state index >= 15 is 0 Å². The highest BCUT2D eigenvalue weighted by Crippen LogP contribution is 2.18. The van der Waals surface area contributed by atoms with Crippen LogP contribution in [-0.4, -0.2) is 38.8 Å². The van der Waals surface area contributed by atoms with Gasteiger partial charge in [-0.05, 0) is 38.8 Å². The summed E-state index contributed by atoms with van der Waals surface area (Å²) in [5, 5.41) is 6.42. The number of hydrogen-bond acceptors (Lipinski definition) is 4. The van der Waals surface area contributed by atoms with E-state index in [9.17, 15) is 4.79 Å². The van der Waals surface area contributed by atoms with Gasteiger partial charge in [-0.15, -0.1) is 5.10 Å². The fourth-order valence-corrected chi connectivity index (χ4v) is 3.10. The number of hydrazine groups is 1. The Kier molecular flexibility index (Phi) is 5.60. The van der Waals surface area contributed by atoms with E-state index in [0.29, 0.717) is 5.82 Å². The predicted octanol–water partition coefficient (Wildman–Crippen LogP) is 2.94. The van der Waals surface area contributed by atoms with Gasteiger partial charge < -0.3 is 0 Å². The number of hydrogen-bond donors (Lipinski definition) is 1. The summed E-state index contributed by atoms with van der Waals surface area (Å²) in [6.07, 6.45) is 9.48. The SMILES string of the molecule is Cc1cc(C)cc(-c2ncn(/C=C\C(=O)NN3CCCCCC3)n2)c1. The van der Waals surface area contributed by atoms with Crippen molar-refractivity contribution in [2.75, 3.05) is 13.1 Å². The molecule has 0 saturated carbocycles. The molecule has 1 saturated heterocycles. The summed E-state index contributed by atoms with van der Waals surface area (Å²) in [5.41, 5.74) is 6.27. The minimum Gasteiger partial charge on any atom is -0.285 e. The van der Waals surface area contributed by atoms with Crippen LogP contribution in [0.5, 0.6) is 0 Å². The van der Waals surface area contributed by atoms with Gasteiger partial charge in [-0.2, -0.15) is 0 Å². The quantitative estimate of drug-likeness (QED) is 0.870. The van der Waals surface area contributed by atoms with Gasteiger partial charge >= 0.3 is 0 Å². The summed E-state index contributed by atoms with van der Waals surface area (Å²) in [7, 11) is 0. The Hall–Kier alpha value is -2.47. The number of nitrogens with zero attached hydrogens (tertiary/aromatic N) is 4. The van der Waals surface area contributed by atoms with Crippen molar-refractivity contribution in [3.8, 4) is 11.4 Å². The molecule has 0 atom stereocenters. The van der Waals surface area contributed by atoms with Crippen LogP contribution in [0.2, 0.25) is 0 Å². The Balaban J connectivity index is 1.62. The number of benzene rings is 1. The molecule has 1 aromatic carbocycles. The molecule has 0 bridgehead atoms. The highest BCUT2D eigenvalue weighted by atomic mass is 16.2. The van der Waals surface area contributed by atoms with Gasteiger partial charge in [0.1, 0.15) is 6.33 Å². The lowest BCUT2D eigenvalue weighted by atomic mass is 10.1. The maximum atomic E-state index is 12.1. The van der Waals surface area contributed by atoms with Crippen LogP contribution in [-0.2, 0) is 4.79 Å². The van der Waals surface area contributed by atoms with Crippen LogP contribution in [0.1, 0.15) is 36.8 Å². The van der Waals surface area contributed by atoms with Crippen LogP contribution in [0.3, 0.4) is 0 Å². The standard InChI is InChI=1S/C19H25N5O/c1-15-11-16(2)13-17(12-15)19-20-14-24(22-19)10-7-18(25)21-23-8-5-3-4-6-9-23/h7,10-14H,3-6,8-9H2,1-2H3,(H,21,25)/b10-7-. The summed E-state index contributed by atoms with van der Waals surface area (Å²) in [4.78, 5) is 16.4. The molecule has 1 aliphatic rings. The van der Waals surface area contributed by atoms with E-state index < -0.39 is 0 Å². The summed E-state index contributed by atoms with van der Waals surface area (Å²) < 4.78 is 1.56. The summed E-state index contributed by atoms with van der Waals surface area (Å²) >= 11 is 0. The van der Waals surface area contributed by atoms with Crippen molar-refractivity contribution >= 4 is 12.1 Å². The van der Waals surface area contributed by atoms with E-state index in [4.69, 9.17) is 0 Å². The number of nitrogens with one attached hydrogen (secondary N) is 1. The third-order valence-electron chi connectivity index (χ3n) is 4.24. The van der Waals surface area contributed by atoms with E-state index in [0.717, 1.165) is 31.5 Å². The molecule has 2 aromatic rings. The summed E-state index contributed by atoms with van der Waals surface area (Å²) in [6.45, 7) is 5.95. The zero-order chi connectivity index (χ0) is 17.6. The average Bonchev–Trinajstić information content (AvgIpc) is 2.90. The van der Waals surface area contributed by atoms with Gasteiger partial charge in [0.25, 0.3) is 5.91 Å². The summed E-state index contributed by atoms with van der Waals surface area (Å²) in [5.74, 6) is 0.523. The molecule has 1 amide bonds. The first-order chi connectivity index (χ1) is 12.1. The second kappa shape index (κ2) is 8.07. The van der Waals surface area contributed by atoms with Gasteiger partial charge in [0, 0.05) is 30.9 Å². The van der Waals surface area contributed by atoms with Crippen LogP contribution in [0.15, 0.2) is 30.6 Å². The maximum absolute atomic E-state index is 12.1. The van der Waals surface area contributed by atoms with Crippen molar-refractivity contribution in [3.05, 3.63) is 41.7 Å². The van der Waals surface area contributed by atoms with Gasteiger partial charge in [0.05, 0.1) is 0 Å². The fourth-order valence-electron chi connectivity index (χ4n) is 3.10. The second-order valence-electron chi connectivity index (χ2n) is 6.62. The molecule has 1 aliphatic heterocycles. The lowest BCUT2D eigenvalue weighted by Gasteiger charge is -2.19. The molecule has 2 heterocycles. The van der Waals surface area contributed by atoms with Gasteiger partial charge in [-0.3, -0.25) is 10.2 Å². The Morgan fingerprint density at radius 1 is 1.08 bits per heavy atom. The first-order valence-corrected chi connectivity index (χ1v) is 8.84. The van der Waals surface area contributed by atoms with E-state index in [1.54, 1.807) is 17.2 Å².